The Bertz CT molecular complexity index is 1020. The number of nitrogens with one attached hydrogen (secondary N) is 1. The van der Waals surface area contributed by atoms with E-state index in [1.807, 2.05) is 18.2 Å². The maximum Gasteiger partial charge on any atom is 0.271 e. The molecule has 1 N–H and O–H groups in total. The van der Waals surface area contributed by atoms with Crippen LogP contribution in [0.3, 0.4) is 0 Å². The maximum absolute atomic E-state index is 12.3. The number of hydrogen-bond acceptors (Lipinski definition) is 6. The predicted octanol–water partition coefficient (Wildman–Crippen LogP) is 4.69. The summed E-state index contributed by atoms with van der Waals surface area (Å²) in [7, 11) is 0. The SMILES string of the molecule is O=C(NCc1ccc2c(c1)OCO2)c1csc(COc2cc(Cl)ccc2Cl)n1. The average molecular weight is 437 g/mol. The number of hydrogen-bond donors (Lipinski definition) is 1. The van der Waals surface area contributed by atoms with Gasteiger partial charge in [-0.25, -0.2) is 4.98 Å². The lowest BCUT2D eigenvalue weighted by Crippen LogP contribution is -2.23. The first-order chi connectivity index (χ1) is 13.6. The van der Waals surface area contributed by atoms with Crippen molar-refractivity contribution in [3.8, 4) is 17.2 Å². The number of amides is 1. The molecule has 0 radical (unpaired) electrons. The van der Waals surface area contributed by atoms with Gasteiger partial charge >= 0.3 is 0 Å². The highest BCUT2D eigenvalue weighted by molar-refractivity contribution is 7.09. The summed E-state index contributed by atoms with van der Waals surface area (Å²) in [4.78, 5) is 16.6. The van der Waals surface area contributed by atoms with Gasteiger partial charge in [-0.3, -0.25) is 4.79 Å². The Labute approximate surface area is 175 Å². The van der Waals surface area contributed by atoms with Crippen molar-refractivity contribution in [1.82, 2.24) is 10.3 Å². The first-order valence-corrected chi connectivity index (χ1v) is 9.91. The van der Waals surface area contributed by atoms with E-state index in [2.05, 4.69) is 10.3 Å². The number of nitrogens with zero attached hydrogens (tertiary/aromatic N) is 1. The van der Waals surface area contributed by atoms with Crippen molar-refractivity contribution in [2.75, 3.05) is 6.79 Å². The van der Waals surface area contributed by atoms with Gasteiger partial charge in [0.15, 0.2) is 11.5 Å². The second kappa shape index (κ2) is 8.26. The second-order valence-corrected chi connectivity index (χ2v) is 7.65. The van der Waals surface area contributed by atoms with E-state index in [1.165, 1.54) is 11.3 Å². The Morgan fingerprint density at radius 3 is 2.93 bits per heavy atom. The topological polar surface area (TPSA) is 69.7 Å². The highest BCUT2D eigenvalue weighted by atomic mass is 35.5. The molecule has 6 nitrogen and oxygen atoms in total. The van der Waals surface area contributed by atoms with Gasteiger partial charge in [0, 0.05) is 23.0 Å². The fourth-order valence-electron chi connectivity index (χ4n) is 2.53. The molecule has 0 atom stereocenters. The lowest BCUT2D eigenvalue weighted by atomic mass is 10.2. The Kier molecular flexibility index (Phi) is 5.57. The first-order valence-electron chi connectivity index (χ1n) is 8.27. The highest BCUT2D eigenvalue weighted by Gasteiger charge is 2.15. The molecule has 0 spiro atoms. The van der Waals surface area contributed by atoms with Crippen molar-refractivity contribution in [2.45, 2.75) is 13.2 Å². The van der Waals surface area contributed by atoms with Crippen molar-refractivity contribution in [3.63, 3.8) is 0 Å². The number of benzene rings is 2. The monoisotopic (exact) mass is 436 g/mol. The Hall–Kier alpha value is -2.48. The zero-order valence-electron chi connectivity index (χ0n) is 14.4. The van der Waals surface area contributed by atoms with Crippen LogP contribution >= 0.6 is 34.5 Å². The molecule has 0 unspecified atom stereocenters. The maximum atomic E-state index is 12.3. The van der Waals surface area contributed by atoms with Crippen LogP contribution in [-0.2, 0) is 13.2 Å². The molecule has 2 aromatic carbocycles. The fraction of sp³-hybridized carbons (Fsp3) is 0.158. The van der Waals surface area contributed by atoms with Crippen LogP contribution in [-0.4, -0.2) is 17.7 Å². The second-order valence-electron chi connectivity index (χ2n) is 5.86. The third-order valence-electron chi connectivity index (χ3n) is 3.92. The molecule has 1 amide bonds. The molecule has 0 bridgehead atoms. The molecule has 1 aliphatic rings. The summed E-state index contributed by atoms with van der Waals surface area (Å²) in [6, 6.07) is 10.5. The predicted molar refractivity (Wildman–Crippen MR) is 107 cm³/mol. The number of rotatable bonds is 6. The van der Waals surface area contributed by atoms with Crippen LogP contribution in [0, 0.1) is 0 Å². The number of carbonyl (C=O) groups excluding carboxylic acids is 1. The zero-order valence-corrected chi connectivity index (χ0v) is 16.7. The van der Waals surface area contributed by atoms with Crippen LogP contribution in [0.5, 0.6) is 17.2 Å². The van der Waals surface area contributed by atoms with Crippen LogP contribution in [0.1, 0.15) is 21.1 Å². The number of fused-ring (bicyclic) bond motifs is 1. The van der Waals surface area contributed by atoms with Gasteiger partial charge in [0.05, 0.1) is 5.02 Å². The van der Waals surface area contributed by atoms with Gasteiger partial charge in [0.25, 0.3) is 5.91 Å². The smallest absolute Gasteiger partial charge is 0.271 e. The minimum Gasteiger partial charge on any atom is -0.485 e. The summed E-state index contributed by atoms with van der Waals surface area (Å²) in [6.45, 7) is 0.770. The summed E-state index contributed by atoms with van der Waals surface area (Å²) in [5.41, 5.74) is 1.24. The minimum absolute atomic E-state index is 0.195. The first kappa shape index (κ1) is 18.9. The Morgan fingerprint density at radius 1 is 1.18 bits per heavy atom. The minimum atomic E-state index is -0.263. The summed E-state index contributed by atoms with van der Waals surface area (Å²) >= 11 is 13.3. The molecule has 9 heteroatoms. The molecule has 1 aliphatic heterocycles. The third kappa shape index (κ3) is 4.32. The molecule has 4 rings (SSSR count). The van der Waals surface area contributed by atoms with Gasteiger partial charge in [0.1, 0.15) is 23.1 Å². The van der Waals surface area contributed by atoms with Crippen molar-refractivity contribution < 1.29 is 19.0 Å². The summed E-state index contributed by atoms with van der Waals surface area (Å²) < 4.78 is 16.3. The van der Waals surface area contributed by atoms with E-state index in [4.69, 9.17) is 37.4 Å². The summed E-state index contributed by atoms with van der Waals surface area (Å²) in [5.74, 6) is 1.60. The molecule has 0 aliphatic carbocycles. The lowest BCUT2D eigenvalue weighted by molar-refractivity contribution is 0.0946. The van der Waals surface area contributed by atoms with Crippen LogP contribution in [0.25, 0.3) is 0 Å². The van der Waals surface area contributed by atoms with Crippen LogP contribution in [0.4, 0.5) is 0 Å². The molecule has 144 valence electrons. The number of aromatic nitrogens is 1. The number of ether oxygens (including phenoxy) is 3. The van der Waals surface area contributed by atoms with Crippen LogP contribution in [0.2, 0.25) is 10.0 Å². The average Bonchev–Trinajstić information content (AvgIpc) is 3.35. The fourth-order valence-corrected chi connectivity index (χ4v) is 3.55. The van der Waals surface area contributed by atoms with Gasteiger partial charge in [0.2, 0.25) is 6.79 Å². The highest BCUT2D eigenvalue weighted by Crippen LogP contribution is 2.32. The van der Waals surface area contributed by atoms with Crippen molar-refractivity contribution in [3.05, 3.63) is 68.1 Å². The van der Waals surface area contributed by atoms with Gasteiger partial charge in [-0.15, -0.1) is 11.3 Å². The van der Waals surface area contributed by atoms with E-state index in [-0.39, 0.29) is 19.3 Å². The van der Waals surface area contributed by atoms with E-state index < -0.39 is 0 Å². The zero-order chi connectivity index (χ0) is 19.5. The van der Waals surface area contributed by atoms with Crippen LogP contribution in [0.15, 0.2) is 41.8 Å². The lowest BCUT2D eigenvalue weighted by Gasteiger charge is -2.06. The van der Waals surface area contributed by atoms with E-state index >= 15 is 0 Å². The number of thiazole rings is 1. The normalized spacial score (nSPS) is 12.1. The largest absolute Gasteiger partial charge is 0.485 e. The van der Waals surface area contributed by atoms with Crippen LogP contribution < -0.4 is 19.5 Å². The standard InChI is InChI=1S/C19H14Cl2N2O4S/c20-12-2-3-13(21)16(6-12)25-8-18-23-14(9-28-18)19(24)22-7-11-1-4-15-17(5-11)27-10-26-15/h1-6,9H,7-8,10H2,(H,22,24). The van der Waals surface area contributed by atoms with Crippen molar-refractivity contribution in [1.29, 1.82) is 0 Å². The van der Waals surface area contributed by atoms with Gasteiger partial charge in [-0.1, -0.05) is 29.3 Å². The molecule has 0 saturated heterocycles. The van der Waals surface area contributed by atoms with E-state index in [1.54, 1.807) is 23.6 Å². The molecule has 0 fully saturated rings. The molecule has 1 aromatic heterocycles. The Balaban J connectivity index is 1.33. The van der Waals surface area contributed by atoms with Gasteiger partial charge in [-0.2, -0.15) is 0 Å². The molecular weight excluding hydrogens is 423 g/mol. The van der Waals surface area contributed by atoms with E-state index in [9.17, 15) is 4.79 Å². The molecule has 3 aromatic rings. The van der Waals surface area contributed by atoms with Gasteiger partial charge in [-0.05, 0) is 29.8 Å². The van der Waals surface area contributed by atoms with Crippen molar-refractivity contribution in [2.24, 2.45) is 0 Å². The molecule has 28 heavy (non-hydrogen) atoms. The van der Waals surface area contributed by atoms with Crippen molar-refractivity contribution >= 4 is 40.4 Å². The van der Waals surface area contributed by atoms with E-state index in [0.29, 0.717) is 44.5 Å². The van der Waals surface area contributed by atoms with Gasteiger partial charge < -0.3 is 19.5 Å². The number of carbonyl (C=O) groups is 1. The Morgan fingerprint density at radius 2 is 2.04 bits per heavy atom. The quantitative estimate of drug-likeness (QED) is 0.606. The number of halogens is 2. The molecular formula is C19H14Cl2N2O4S. The molecule has 0 saturated carbocycles. The summed E-state index contributed by atoms with van der Waals surface area (Å²) in [5, 5.41) is 6.17. The van der Waals surface area contributed by atoms with E-state index in [0.717, 1.165) is 5.56 Å². The summed E-state index contributed by atoms with van der Waals surface area (Å²) in [6.07, 6.45) is 0. The molecule has 2 heterocycles. The third-order valence-corrected chi connectivity index (χ3v) is 5.29.